The first kappa shape index (κ1) is 22.3. The van der Waals surface area contributed by atoms with Gasteiger partial charge in [0.2, 0.25) is 11.8 Å². The third-order valence-corrected chi connectivity index (χ3v) is 3.48. The molecule has 0 aliphatic rings. The van der Waals surface area contributed by atoms with Gasteiger partial charge in [0, 0.05) is 12.6 Å². The van der Waals surface area contributed by atoms with Crippen LogP contribution in [-0.2, 0) is 19.1 Å². The fourth-order valence-corrected chi connectivity index (χ4v) is 1.79. The van der Waals surface area contributed by atoms with Crippen molar-refractivity contribution in [1.29, 1.82) is 0 Å². The summed E-state index contributed by atoms with van der Waals surface area (Å²) in [5, 5.41) is 5.68. The summed E-state index contributed by atoms with van der Waals surface area (Å²) < 4.78 is 10.8. The summed E-state index contributed by atoms with van der Waals surface area (Å²) in [5.74, 6) is -0.377. The average molecular weight is 340 g/mol. The van der Waals surface area contributed by atoms with Crippen LogP contribution in [-0.4, -0.2) is 49.8 Å². The normalized spacial score (nSPS) is 14.3. The fraction of sp³-hybridized carbons (Fsp3) is 0.667. The van der Waals surface area contributed by atoms with Crippen molar-refractivity contribution in [3.8, 4) is 0 Å². The molecule has 0 rings (SSSR count). The van der Waals surface area contributed by atoms with Gasteiger partial charge in [-0.2, -0.15) is 0 Å². The van der Waals surface area contributed by atoms with E-state index in [2.05, 4.69) is 23.8 Å². The van der Waals surface area contributed by atoms with Crippen molar-refractivity contribution in [3.63, 3.8) is 0 Å². The van der Waals surface area contributed by atoms with Crippen molar-refractivity contribution in [1.82, 2.24) is 10.6 Å². The Kier molecular flexibility index (Phi) is 12.8. The number of hydrogen-bond donors (Lipinski definition) is 2. The Balaban J connectivity index is 4.16. The predicted octanol–water partition coefficient (Wildman–Crippen LogP) is 1.96. The molecule has 0 radical (unpaired) electrons. The molecule has 0 bridgehead atoms. The van der Waals surface area contributed by atoms with Crippen LogP contribution in [0.4, 0.5) is 0 Å². The minimum absolute atomic E-state index is 0.146. The maximum atomic E-state index is 12.1. The molecule has 0 spiro atoms. The van der Waals surface area contributed by atoms with Gasteiger partial charge in [-0.3, -0.25) is 9.59 Å². The molecule has 6 nitrogen and oxygen atoms in total. The molecule has 0 fully saturated rings. The highest BCUT2D eigenvalue weighted by Gasteiger charge is 2.19. The van der Waals surface area contributed by atoms with Crippen LogP contribution in [0.25, 0.3) is 0 Å². The Hall–Kier alpha value is -1.66. The maximum Gasteiger partial charge on any atom is 0.249 e. The molecule has 2 N–H and O–H groups in total. The van der Waals surface area contributed by atoms with Gasteiger partial charge in [0.05, 0.1) is 13.2 Å². The van der Waals surface area contributed by atoms with E-state index in [9.17, 15) is 9.59 Å². The largest absolute Gasteiger partial charge is 0.368 e. The smallest absolute Gasteiger partial charge is 0.249 e. The van der Waals surface area contributed by atoms with Gasteiger partial charge >= 0.3 is 0 Å². The van der Waals surface area contributed by atoms with Crippen molar-refractivity contribution in [3.05, 3.63) is 25.3 Å². The highest BCUT2D eigenvalue weighted by molar-refractivity contribution is 5.81. The number of ether oxygens (including phenoxy) is 2. The van der Waals surface area contributed by atoms with E-state index in [-0.39, 0.29) is 17.9 Å². The first-order valence-electron chi connectivity index (χ1n) is 8.49. The highest BCUT2D eigenvalue weighted by Crippen LogP contribution is 1.98. The number of nitrogens with one attached hydrogen (secondary N) is 2. The molecular formula is C18H32N2O4. The molecule has 24 heavy (non-hydrogen) atoms. The second-order valence-electron chi connectivity index (χ2n) is 5.54. The van der Waals surface area contributed by atoms with E-state index in [1.165, 1.54) is 0 Å². The van der Waals surface area contributed by atoms with Gasteiger partial charge < -0.3 is 20.1 Å². The summed E-state index contributed by atoms with van der Waals surface area (Å²) in [6.07, 6.45) is 4.54. The van der Waals surface area contributed by atoms with Crippen molar-refractivity contribution >= 4 is 11.8 Å². The molecule has 0 heterocycles. The van der Waals surface area contributed by atoms with Gasteiger partial charge in [0.1, 0.15) is 12.2 Å². The van der Waals surface area contributed by atoms with Gasteiger partial charge in [-0.1, -0.05) is 19.1 Å². The summed E-state index contributed by atoms with van der Waals surface area (Å²) in [6, 6.07) is -0.146. The SMILES string of the molecule is C=CCCOC(C)C(=O)NCC(CC)NC(=O)C(C)OCCC=C. The van der Waals surface area contributed by atoms with E-state index >= 15 is 0 Å². The van der Waals surface area contributed by atoms with E-state index in [0.717, 1.165) is 0 Å². The lowest BCUT2D eigenvalue weighted by Gasteiger charge is -2.21. The van der Waals surface area contributed by atoms with Crippen molar-refractivity contribution in [2.45, 2.75) is 58.3 Å². The Morgan fingerprint density at radius 2 is 1.50 bits per heavy atom. The summed E-state index contributed by atoms with van der Waals surface area (Å²) in [6.45, 7) is 13.9. The lowest BCUT2D eigenvalue weighted by Crippen LogP contribution is -2.48. The zero-order valence-electron chi connectivity index (χ0n) is 15.2. The minimum Gasteiger partial charge on any atom is -0.368 e. The first-order chi connectivity index (χ1) is 11.5. The Bertz CT molecular complexity index is 398. The van der Waals surface area contributed by atoms with Gasteiger partial charge in [0.15, 0.2) is 0 Å². The standard InChI is InChI=1S/C18H32N2O4/c1-6-9-11-23-14(4)17(21)19-13-16(8-3)20-18(22)15(5)24-12-10-7-2/h6-7,14-16H,1-2,8-13H2,3-5H3,(H,19,21)(H,20,22). The molecular weight excluding hydrogens is 308 g/mol. The zero-order valence-corrected chi connectivity index (χ0v) is 15.2. The van der Waals surface area contributed by atoms with Crippen LogP contribution < -0.4 is 10.6 Å². The number of rotatable bonds is 14. The van der Waals surface area contributed by atoms with Crippen LogP contribution in [0.2, 0.25) is 0 Å². The molecule has 6 heteroatoms. The molecule has 0 aliphatic carbocycles. The summed E-state index contributed by atoms with van der Waals surface area (Å²) >= 11 is 0. The van der Waals surface area contributed by atoms with Crippen molar-refractivity contribution in [2.75, 3.05) is 19.8 Å². The molecule has 0 aromatic rings. The van der Waals surface area contributed by atoms with Crippen molar-refractivity contribution in [2.24, 2.45) is 0 Å². The number of carbonyl (C=O) groups excluding carboxylic acids is 2. The lowest BCUT2D eigenvalue weighted by atomic mass is 10.2. The molecule has 3 unspecified atom stereocenters. The maximum absolute atomic E-state index is 12.1. The van der Waals surface area contributed by atoms with E-state index in [4.69, 9.17) is 9.47 Å². The van der Waals surface area contributed by atoms with Gasteiger partial charge in [0.25, 0.3) is 0 Å². The second-order valence-corrected chi connectivity index (χ2v) is 5.54. The summed E-state index contributed by atoms with van der Waals surface area (Å²) in [5.41, 5.74) is 0. The zero-order chi connectivity index (χ0) is 18.4. The molecule has 3 atom stereocenters. The van der Waals surface area contributed by atoms with Gasteiger partial charge in [-0.25, -0.2) is 0 Å². The molecule has 2 amide bonds. The van der Waals surface area contributed by atoms with Crippen LogP contribution in [0.1, 0.15) is 40.0 Å². The van der Waals surface area contributed by atoms with E-state index < -0.39 is 12.2 Å². The molecule has 0 aliphatic heterocycles. The first-order valence-corrected chi connectivity index (χ1v) is 8.49. The van der Waals surface area contributed by atoms with Crippen LogP contribution in [0.3, 0.4) is 0 Å². The van der Waals surface area contributed by atoms with Crippen LogP contribution in [0.15, 0.2) is 25.3 Å². The van der Waals surface area contributed by atoms with E-state index in [0.29, 0.717) is 39.0 Å². The van der Waals surface area contributed by atoms with Crippen LogP contribution in [0.5, 0.6) is 0 Å². The Labute approximate surface area is 145 Å². The fourth-order valence-electron chi connectivity index (χ4n) is 1.79. The van der Waals surface area contributed by atoms with Crippen molar-refractivity contribution < 1.29 is 19.1 Å². The Morgan fingerprint density at radius 1 is 1.00 bits per heavy atom. The second kappa shape index (κ2) is 13.7. The number of amides is 2. The minimum atomic E-state index is -0.532. The molecule has 0 aromatic carbocycles. The molecule has 0 saturated heterocycles. The van der Waals surface area contributed by atoms with Crippen LogP contribution >= 0.6 is 0 Å². The quantitative estimate of drug-likeness (QED) is 0.374. The third-order valence-electron chi connectivity index (χ3n) is 3.48. The monoisotopic (exact) mass is 340 g/mol. The lowest BCUT2D eigenvalue weighted by molar-refractivity contribution is -0.134. The van der Waals surface area contributed by atoms with Gasteiger partial charge in [-0.15, -0.1) is 13.2 Å². The molecule has 0 aromatic heterocycles. The number of carbonyl (C=O) groups is 2. The van der Waals surface area contributed by atoms with E-state index in [1.54, 1.807) is 26.0 Å². The highest BCUT2D eigenvalue weighted by atomic mass is 16.5. The summed E-state index contributed by atoms with van der Waals surface area (Å²) in [4.78, 5) is 24.0. The average Bonchev–Trinajstić information content (AvgIpc) is 2.58. The van der Waals surface area contributed by atoms with Gasteiger partial charge in [-0.05, 0) is 33.1 Å². The molecule has 138 valence electrons. The topological polar surface area (TPSA) is 76.7 Å². The predicted molar refractivity (Wildman–Crippen MR) is 95.7 cm³/mol. The summed E-state index contributed by atoms with van der Waals surface area (Å²) in [7, 11) is 0. The molecule has 0 saturated carbocycles. The number of hydrogen-bond acceptors (Lipinski definition) is 4. The van der Waals surface area contributed by atoms with Crippen LogP contribution in [0, 0.1) is 0 Å². The van der Waals surface area contributed by atoms with E-state index in [1.807, 2.05) is 6.92 Å². The Morgan fingerprint density at radius 3 is 1.96 bits per heavy atom. The third kappa shape index (κ3) is 10.2.